The lowest BCUT2D eigenvalue weighted by atomic mass is 10.0. The largest absolute Gasteiger partial charge is 0.388 e. The lowest BCUT2D eigenvalue weighted by molar-refractivity contribution is -0.119. The van der Waals surface area contributed by atoms with E-state index in [9.17, 15) is 15.0 Å². The number of alkyl halides is 1. The van der Waals surface area contributed by atoms with E-state index in [1.54, 1.807) is 18.2 Å². The predicted molar refractivity (Wildman–Crippen MR) is 65.6 cm³/mol. The van der Waals surface area contributed by atoms with Gasteiger partial charge < -0.3 is 15.5 Å². The summed E-state index contributed by atoms with van der Waals surface area (Å²) in [7, 11) is 0. The molecule has 0 aromatic heterocycles. The molecule has 1 aromatic carbocycles. The molecule has 0 fully saturated rings. The normalized spacial score (nSPS) is 14.1. The molecule has 3 N–H and O–H groups in total. The third-order valence-corrected chi connectivity index (χ3v) is 2.68. The molecule has 2 unspecified atom stereocenters. The van der Waals surface area contributed by atoms with Crippen molar-refractivity contribution in [3.05, 3.63) is 35.4 Å². The average Bonchev–Trinajstić information content (AvgIpc) is 2.35. The summed E-state index contributed by atoms with van der Waals surface area (Å²) >= 11 is 5.68. The molecule has 2 atom stereocenters. The number of benzene rings is 1. The van der Waals surface area contributed by atoms with Gasteiger partial charge in [-0.05, 0) is 11.1 Å². The van der Waals surface area contributed by atoms with Crippen molar-refractivity contribution < 1.29 is 15.0 Å². The fourth-order valence-corrected chi connectivity index (χ4v) is 1.61. The molecule has 0 bridgehead atoms. The van der Waals surface area contributed by atoms with Crippen LogP contribution < -0.4 is 5.32 Å². The quantitative estimate of drug-likeness (QED) is 0.688. The van der Waals surface area contributed by atoms with Crippen LogP contribution in [-0.2, 0) is 10.7 Å². The summed E-state index contributed by atoms with van der Waals surface area (Å²) in [4.78, 5) is 10.7. The van der Waals surface area contributed by atoms with Gasteiger partial charge in [0.15, 0.2) is 0 Å². The van der Waals surface area contributed by atoms with E-state index in [4.69, 9.17) is 11.6 Å². The molecule has 0 aliphatic carbocycles. The number of nitrogens with one attached hydrogen (secondary N) is 1. The van der Waals surface area contributed by atoms with Crippen LogP contribution in [0, 0.1) is 0 Å². The van der Waals surface area contributed by atoms with E-state index in [2.05, 4.69) is 5.32 Å². The molecular formula is C12H16ClNO3. The number of hydrogen-bond acceptors (Lipinski definition) is 3. The number of aliphatic hydroxyl groups is 2. The van der Waals surface area contributed by atoms with Crippen molar-refractivity contribution >= 4 is 17.5 Å². The SMILES string of the molecule is CC(=O)NCC(O)C(O)c1cccc(CCl)c1. The molecule has 1 rings (SSSR count). The highest BCUT2D eigenvalue weighted by molar-refractivity contribution is 6.17. The van der Waals surface area contributed by atoms with Crippen molar-refractivity contribution in [1.82, 2.24) is 5.32 Å². The monoisotopic (exact) mass is 257 g/mol. The molecule has 0 aliphatic heterocycles. The molecule has 17 heavy (non-hydrogen) atoms. The summed E-state index contributed by atoms with van der Waals surface area (Å²) in [5.41, 5.74) is 1.45. The van der Waals surface area contributed by atoms with Gasteiger partial charge in [-0.3, -0.25) is 4.79 Å². The van der Waals surface area contributed by atoms with Gasteiger partial charge in [0.05, 0.1) is 0 Å². The Balaban J connectivity index is 2.66. The van der Waals surface area contributed by atoms with Crippen molar-refractivity contribution in [3.8, 4) is 0 Å². The minimum absolute atomic E-state index is 0.0155. The fraction of sp³-hybridized carbons (Fsp3) is 0.417. The number of carbonyl (C=O) groups excluding carboxylic acids is 1. The average molecular weight is 258 g/mol. The van der Waals surface area contributed by atoms with E-state index in [-0.39, 0.29) is 12.5 Å². The summed E-state index contributed by atoms with van der Waals surface area (Å²) < 4.78 is 0. The number of rotatable bonds is 5. The topological polar surface area (TPSA) is 69.6 Å². The Morgan fingerprint density at radius 1 is 1.47 bits per heavy atom. The van der Waals surface area contributed by atoms with Gasteiger partial charge in [0.25, 0.3) is 0 Å². The van der Waals surface area contributed by atoms with Crippen molar-refractivity contribution in [3.63, 3.8) is 0 Å². The number of amides is 1. The first-order valence-electron chi connectivity index (χ1n) is 5.30. The van der Waals surface area contributed by atoms with Crippen molar-refractivity contribution in [1.29, 1.82) is 0 Å². The third kappa shape index (κ3) is 4.34. The van der Waals surface area contributed by atoms with E-state index in [0.29, 0.717) is 11.4 Å². The van der Waals surface area contributed by atoms with E-state index in [0.717, 1.165) is 5.56 Å². The minimum atomic E-state index is -1.04. The maximum Gasteiger partial charge on any atom is 0.216 e. The zero-order valence-corrected chi connectivity index (χ0v) is 10.3. The summed E-state index contributed by atoms with van der Waals surface area (Å²) in [5, 5.41) is 22.0. The van der Waals surface area contributed by atoms with Crippen molar-refractivity contribution in [2.24, 2.45) is 0 Å². The zero-order chi connectivity index (χ0) is 12.8. The Morgan fingerprint density at radius 3 is 2.76 bits per heavy atom. The van der Waals surface area contributed by atoms with Crippen molar-refractivity contribution in [2.75, 3.05) is 6.54 Å². The van der Waals surface area contributed by atoms with Crippen LogP contribution in [0.25, 0.3) is 0 Å². The van der Waals surface area contributed by atoms with Crippen LogP contribution in [0.5, 0.6) is 0 Å². The second-order valence-electron chi connectivity index (χ2n) is 3.83. The molecule has 1 amide bonds. The van der Waals surface area contributed by atoms with Gasteiger partial charge in [0, 0.05) is 19.3 Å². The summed E-state index contributed by atoms with van der Waals surface area (Å²) in [6.45, 7) is 1.37. The predicted octanol–water partition coefficient (Wildman–Crippen LogP) is 0.956. The number of hydrogen-bond donors (Lipinski definition) is 3. The molecule has 0 heterocycles. The highest BCUT2D eigenvalue weighted by Gasteiger charge is 2.18. The first-order valence-corrected chi connectivity index (χ1v) is 5.83. The van der Waals surface area contributed by atoms with Gasteiger partial charge in [-0.15, -0.1) is 11.6 Å². The van der Waals surface area contributed by atoms with Crippen LogP contribution in [0.2, 0.25) is 0 Å². The second-order valence-corrected chi connectivity index (χ2v) is 4.10. The van der Waals surface area contributed by atoms with Crippen LogP contribution in [0.4, 0.5) is 0 Å². The highest BCUT2D eigenvalue weighted by atomic mass is 35.5. The molecule has 0 saturated heterocycles. The highest BCUT2D eigenvalue weighted by Crippen LogP contribution is 2.18. The first kappa shape index (κ1) is 14.0. The maximum atomic E-state index is 10.7. The lowest BCUT2D eigenvalue weighted by Gasteiger charge is -2.18. The van der Waals surface area contributed by atoms with Gasteiger partial charge in [-0.1, -0.05) is 24.3 Å². The molecule has 94 valence electrons. The minimum Gasteiger partial charge on any atom is -0.388 e. The number of aliphatic hydroxyl groups excluding tert-OH is 2. The van der Waals surface area contributed by atoms with E-state index in [1.165, 1.54) is 6.92 Å². The first-order chi connectivity index (χ1) is 8.04. The Hall–Kier alpha value is -1.10. The van der Waals surface area contributed by atoms with Crippen LogP contribution in [0.3, 0.4) is 0 Å². The molecular weight excluding hydrogens is 242 g/mol. The summed E-state index contributed by atoms with van der Waals surface area (Å²) in [5.74, 6) is 0.105. The molecule has 0 aliphatic rings. The molecule has 0 spiro atoms. The Kier molecular flexibility index (Phi) is 5.41. The molecule has 0 saturated carbocycles. The fourth-order valence-electron chi connectivity index (χ4n) is 1.44. The Labute approximate surface area is 105 Å². The Morgan fingerprint density at radius 2 is 2.18 bits per heavy atom. The Bertz CT molecular complexity index is 384. The molecule has 0 radical (unpaired) electrons. The lowest BCUT2D eigenvalue weighted by Crippen LogP contribution is -2.34. The number of carbonyl (C=O) groups is 1. The molecule has 1 aromatic rings. The van der Waals surface area contributed by atoms with Gasteiger partial charge in [-0.2, -0.15) is 0 Å². The van der Waals surface area contributed by atoms with Crippen LogP contribution in [0.1, 0.15) is 24.2 Å². The number of halogens is 1. The summed E-state index contributed by atoms with van der Waals surface area (Å²) in [6.07, 6.45) is -2.07. The summed E-state index contributed by atoms with van der Waals surface area (Å²) in [6, 6.07) is 7.04. The van der Waals surface area contributed by atoms with E-state index in [1.807, 2.05) is 6.07 Å². The van der Waals surface area contributed by atoms with Gasteiger partial charge in [0.2, 0.25) is 5.91 Å². The van der Waals surface area contributed by atoms with E-state index < -0.39 is 12.2 Å². The zero-order valence-electron chi connectivity index (χ0n) is 9.56. The van der Waals surface area contributed by atoms with Gasteiger partial charge >= 0.3 is 0 Å². The van der Waals surface area contributed by atoms with Crippen LogP contribution >= 0.6 is 11.6 Å². The standard InChI is InChI=1S/C12H16ClNO3/c1-8(15)14-7-11(16)12(17)10-4-2-3-9(5-10)6-13/h2-5,11-12,16-17H,6-7H2,1H3,(H,14,15). The molecule has 5 heteroatoms. The van der Waals surface area contributed by atoms with Crippen LogP contribution in [0.15, 0.2) is 24.3 Å². The smallest absolute Gasteiger partial charge is 0.216 e. The molecule has 4 nitrogen and oxygen atoms in total. The maximum absolute atomic E-state index is 10.7. The van der Waals surface area contributed by atoms with E-state index >= 15 is 0 Å². The third-order valence-electron chi connectivity index (χ3n) is 2.37. The van der Waals surface area contributed by atoms with Gasteiger partial charge in [0.1, 0.15) is 12.2 Å². The van der Waals surface area contributed by atoms with Crippen molar-refractivity contribution in [2.45, 2.75) is 25.0 Å². The second kappa shape index (κ2) is 6.59. The van der Waals surface area contributed by atoms with Crippen LogP contribution in [-0.4, -0.2) is 28.8 Å². The van der Waals surface area contributed by atoms with Gasteiger partial charge in [-0.25, -0.2) is 0 Å².